The Morgan fingerprint density at radius 2 is 2.12 bits per heavy atom. The van der Waals surface area contributed by atoms with Gasteiger partial charge in [0.1, 0.15) is 11.6 Å². The van der Waals surface area contributed by atoms with Crippen molar-refractivity contribution in [2.45, 2.75) is 6.42 Å². The molecule has 0 aliphatic rings. The highest BCUT2D eigenvalue weighted by molar-refractivity contribution is 5.24. The molecule has 2 aromatic rings. The summed E-state index contributed by atoms with van der Waals surface area (Å²) in [5, 5.41) is 3.99. The lowest BCUT2D eigenvalue weighted by atomic mass is 10.1. The van der Waals surface area contributed by atoms with Gasteiger partial charge in [-0.15, -0.1) is 0 Å². The first-order valence-corrected chi connectivity index (χ1v) is 4.65. The minimum atomic E-state index is -0.606. The van der Waals surface area contributed by atoms with Crippen molar-refractivity contribution in [3.05, 3.63) is 41.2 Å². The SMILES string of the molecule is Cn1nc(Cc2ccc(F)cc2F)nc1N. The molecule has 0 spiro atoms. The Balaban J connectivity index is 2.27. The minimum Gasteiger partial charge on any atom is -0.368 e. The Kier molecular flexibility index (Phi) is 2.55. The van der Waals surface area contributed by atoms with Gasteiger partial charge in [-0.1, -0.05) is 6.07 Å². The third-order valence-corrected chi connectivity index (χ3v) is 2.20. The van der Waals surface area contributed by atoms with E-state index in [9.17, 15) is 8.78 Å². The lowest BCUT2D eigenvalue weighted by Gasteiger charge is -1.99. The first kappa shape index (κ1) is 10.5. The normalized spacial score (nSPS) is 10.7. The number of aromatic nitrogens is 3. The molecule has 2 rings (SSSR count). The van der Waals surface area contributed by atoms with Gasteiger partial charge in [-0.25, -0.2) is 13.5 Å². The van der Waals surface area contributed by atoms with Gasteiger partial charge in [0.25, 0.3) is 0 Å². The molecule has 1 aromatic heterocycles. The van der Waals surface area contributed by atoms with Gasteiger partial charge in [-0.2, -0.15) is 10.1 Å². The van der Waals surface area contributed by atoms with Crippen LogP contribution in [0, 0.1) is 11.6 Å². The Hall–Kier alpha value is -1.98. The van der Waals surface area contributed by atoms with E-state index in [1.165, 1.54) is 16.8 Å². The predicted molar refractivity (Wildman–Crippen MR) is 54.6 cm³/mol. The molecule has 0 saturated heterocycles. The topological polar surface area (TPSA) is 56.7 Å². The molecule has 0 aliphatic heterocycles. The lowest BCUT2D eigenvalue weighted by Crippen LogP contribution is -1.98. The van der Waals surface area contributed by atoms with Crippen LogP contribution in [0.25, 0.3) is 0 Å². The van der Waals surface area contributed by atoms with Crippen LogP contribution in [0.5, 0.6) is 0 Å². The highest BCUT2D eigenvalue weighted by atomic mass is 19.1. The number of rotatable bonds is 2. The summed E-state index contributed by atoms with van der Waals surface area (Å²) in [7, 11) is 1.65. The Morgan fingerprint density at radius 3 is 2.69 bits per heavy atom. The number of nitrogen functional groups attached to an aromatic ring is 1. The van der Waals surface area contributed by atoms with Crippen molar-refractivity contribution in [2.75, 3.05) is 5.73 Å². The van der Waals surface area contributed by atoms with Crippen molar-refractivity contribution in [3.8, 4) is 0 Å². The number of benzene rings is 1. The maximum atomic E-state index is 13.3. The molecule has 16 heavy (non-hydrogen) atoms. The third-order valence-electron chi connectivity index (χ3n) is 2.20. The molecule has 0 aliphatic carbocycles. The van der Waals surface area contributed by atoms with Crippen LogP contribution >= 0.6 is 0 Å². The van der Waals surface area contributed by atoms with Crippen LogP contribution in [0.4, 0.5) is 14.7 Å². The molecule has 0 amide bonds. The summed E-state index contributed by atoms with van der Waals surface area (Å²) in [6, 6.07) is 3.41. The van der Waals surface area contributed by atoms with E-state index in [1.54, 1.807) is 7.05 Å². The van der Waals surface area contributed by atoms with Crippen LogP contribution < -0.4 is 5.73 Å². The second-order valence-corrected chi connectivity index (χ2v) is 3.42. The van der Waals surface area contributed by atoms with E-state index in [-0.39, 0.29) is 12.4 Å². The molecule has 0 saturated carbocycles. The first-order chi connectivity index (χ1) is 7.56. The molecule has 0 radical (unpaired) electrons. The van der Waals surface area contributed by atoms with E-state index < -0.39 is 11.6 Å². The smallest absolute Gasteiger partial charge is 0.218 e. The Morgan fingerprint density at radius 1 is 1.38 bits per heavy atom. The van der Waals surface area contributed by atoms with Crippen LogP contribution in [0.3, 0.4) is 0 Å². The number of nitrogens with zero attached hydrogens (tertiary/aromatic N) is 3. The van der Waals surface area contributed by atoms with Gasteiger partial charge in [0.2, 0.25) is 5.95 Å². The summed E-state index contributed by atoms with van der Waals surface area (Å²) in [5.74, 6) is -0.538. The number of aryl methyl sites for hydroxylation is 1. The van der Waals surface area contributed by atoms with Crippen molar-refractivity contribution in [2.24, 2.45) is 7.05 Å². The summed E-state index contributed by atoms with van der Waals surface area (Å²) in [4.78, 5) is 3.94. The van der Waals surface area contributed by atoms with E-state index in [4.69, 9.17) is 5.73 Å². The molecule has 0 bridgehead atoms. The largest absolute Gasteiger partial charge is 0.368 e. The van der Waals surface area contributed by atoms with Crippen molar-refractivity contribution in [1.82, 2.24) is 14.8 Å². The second kappa shape index (κ2) is 3.88. The fraction of sp³-hybridized carbons (Fsp3) is 0.200. The molecule has 1 aromatic carbocycles. The highest BCUT2D eigenvalue weighted by Gasteiger charge is 2.09. The van der Waals surface area contributed by atoms with Crippen LogP contribution in [-0.4, -0.2) is 14.8 Å². The molecule has 0 fully saturated rings. The summed E-state index contributed by atoms with van der Waals surface area (Å²) < 4.78 is 27.4. The molecule has 1 heterocycles. The number of halogens is 2. The molecular formula is C10H10F2N4. The van der Waals surface area contributed by atoms with Gasteiger partial charge >= 0.3 is 0 Å². The van der Waals surface area contributed by atoms with E-state index in [1.807, 2.05) is 0 Å². The molecule has 2 N–H and O–H groups in total. The summed E-state index contributed by atoms with van der Waals surface area (Å²) in [6.45, 7) is 0. The monoisotopic (exact) mass is 224 g/mol. The van der Waals surface area contributed by atoms with Crippen molar-refractivity contribution < 1.29 is 8.78 Å². The van der Waals surface area contributed by atoms with Crippen molar-refractivity contribution >= 4 is 5.95 Å². The zero-order chi connectivity index (χ0) is 11.7. The van der Waals surface area contributed by atoms with Crippen LogP contribution in [0.2, 0.25) is 0 Å². The molecule has 6 heteroatoms. The Bertz CT molecular complexity index is 502. The lowest BCUT2D eigenvalue weighted by molar-refractivity contribution is 0.573. The fourth-order valence-corrected chi connectivity index (χ4v) is 1.36. The van der Waals surface area contributed by atoms with Gasteiger partial charge in [0, 0.05) is 19.5 Å². The summed E-state index contributed by atoms with van der Waals surface area (Å²) in [6.07, 6.45) is 0.192. The predicted octanol–water partition coefficient (Wildman–Crippen LogP) is 1.27. The standard InChI is InChI=1S/C10H10F2N4/c1-16-10(13)14-9(15-16)4-6-2-3-7(11)5-8(6)12/h2-3,5H,4H2,1H3,(H2,13,14,15). The average Bonchev–Trinajstić information content (AvgIpc) is 2.51. The fourth-order valence-electron chi connectivity index (χ4n) is 1.36. The first-order valence-electron chi connectivity index (χ1n) is 4.65. The van der Waals surface area contributed by atoms with E-state index >= 15 is 0 Å². The summed E-state index contributed by atoms with van der Waals surface area (Å²) in [5.41, 5.74) is 5.83. The molecule has 84 valence electrons. The van der Waals surface area contributed by atoms with Crippen molar-refractivity contribution in [1.29, 1.82) is 0 Å². The molecular weight excluding hydrogens is 214 g/mol. The van der Waals surface area contributed by atoms with E-state index in [0.717, 1.165) is 6.07 Å². The van der Waals surface area contributed by atoms with Gasteiger partial charge in [-0.05, 0) is 11.6 Å². The number of hydrogen-bond donors (Lipinski definition) is 1. The van der Waals surface area contributed by atoms with Gasteiger partial charge in [0.15, 0.2) is 5.82 Å². The maximum absolute atomic E-state index is 13.3. The van der Waals surface area contributed by atoms with Crippen molar-refractivity contribution in [3.63, 3.8) is 0 Å². The average molecular weight is 224 g/mol. The molecule has 0 unspecified atom stereocenters. The quantitative estimate of drug-likeness (QED) is 0.835. The highest BCUT2D eigenvalue weighted by Crippen LogP contribution is 2.13. The molecule has 0 atom stereocenters. The van der Waals surface area contributed by atoms with Crippen LogP contribution in [0.1, 0.15) is 11.4 Å². The second-order valence-electron chi connectivity index (χ2n) is 3.42. The number of anilines is 1. The zero-order valence-corrected chi connectivity index (χ0v) is 8.61. The van der Waals surface area contributed by atoms with E-state index in [2.05, 4.69) is 10.1 Å². The third kappa shape index (κ3) is 2.00. The number of hydrogen-bond acceptors (Lipinski definition) is 3. The molecule has 4 nitrogen and oxygen atoms in total. The van der Waals surface area contributed by atoms with Gasteiger partial charge in [-0.3, -0.25) is 0 Å². The van der Waals surface area contributed by atoms with Gasteiger partial charge in [0.05, 0.1) is 0 Å². The van der Waals surface area contributed by atoms with Crippen LogP contribution in [0.15, 0.2) is 18.2 Å². The van der Waals surface area contributed by atoms with Crippen LogP contribution in [-0.2, 0) is 13.5 Å². The van der Waals surface area contributed by atoms with Gasteiger partial charge < -0.3 is 5.73 Å². The minimum absolute atomic E-state index is 0.192. The Labute approximate surface area is 90.7 Å². The number of nitrogens with two attached hydrogens (primary N) is 1. The zero-order valence-electron chi connectivity index (χ0n) is 8.61. The maximum Gasteiger partial charge on any atom is 0.218 e. The summed E-state index contributed by atoms with van der Waals surface area (Å²) >= 11 is 0. The van der Waals surface area contributed by atoms with E-state index in [0.29, 0.717) is 11.4 Å².